The summed E-state index contributed by atoms with van der Waals surface area (Å²) in [5, 5.41) is 9.22. The van der Waals surface area contributed by atoms with Gasteiger partial charge >= 0.3 is 12.2 Å². The molecule has 0 aliphatic carbocycles. The van der Waals surface area contributed by atoms with E-state index in [1.54, 1.807) is 0 Å². The number of aryl methyl sites for hydroxylation is 3. The van der Waals surface area contributed by atoms with Gasteiger partial charge in [0.2, 0.25) is 0 Å². The van der Waals surface area contributed by atoms with Crippen LogP contribution in [0.5, 0.6) is 0 Å². The molecule has 2 N–H and O–H groups in total. The van der Waals surface area contributed by atoms with Crippen LogP contribution in [0, 0.1) is 19.7 Å². The Morgan fingerprint density at radius 2 is 1.92 bits per heavy atom. The van der Waals surface area contributed by atoms with Crippen molar-refractivity contribution in [2.75, 3.05) is 6.54 Å². The third-order valence-corrected chi connectivity index (χ3v) is 3.75. The van der Waals surface area contributed by atoms with Crippen LogP contribution in [-0.2, 0) is 19.3 Å². The summed E-state index contributed by atoms with van der Waals surface area (Å²) in [6, 6.07) is 3.72. The largest absolute Gasteiger partial charge is 0.416 e. The second kappa shape index (κ2) is 8.20. The smallest absolute Gasteiger partial charge is 0.338 e. The van der Waals surface area contributed by atoms with Crippen LogP contribution in [0.1, 0.15) is 28.9 Å². The van der Waals surface area contributed by atoms with Crippen molar-refractivity contribution in [2.45, 2.75) is 39.5 Å². The summed E-state index contributed by atoms with van der Waals surface area (Å²) in [5.41, 5.74) is 0.634. The molecule has 0 aliphatic heterocycles. The van der Waals surface area contributed by atoms with Gasteiger partial charge in [0, 0.05) is 25.3 Å². The Morgan fingerprint density at radius 3 is 2.54 bits per heavy atom. The van der Waals surface area contributed by atoms with Gasteiger partial charge in [-0.2, -0.15) is 18.3 Å². The summed E-state index contributed by atoms with van der Waals surface area (Å²) in [7, 11) is 0. The van der Waals surface area contributed by atoms with Crippen molar-refractivity contribution in [3.05, 3.63) is 52.6 Å². The lowest BCUT2D eigenvalue weighted by Gasteiger charge is -2.14. The van der Waals surface area contributed by atoms with Crippen molar-refractivity contribution < 1.29 is 22.4 Å². The van der Waals surface area contributed by atoms with Crippen LogP contribution in [0.4, 0.5) is 22.4 Å². The van der Waals surface area contributed by atoms with Crippen molar-refractivity contribution in [3.63, 3.8) is 0 Å². The lowest BCUT2D eigenvalue weighted by atomic mass is 10.1. The molecule has 0 radical (unpaired) electrons. The summed E-state index contributed by atoms with van der Waals surface area (Å²) in [6.07, 6.45) is -4.06. The molecule has 1 heterocycles. The molecule has 0 saturated heterocycles. The molecule has 5 nitrogen and oxygen atoms in total. The number of hydrogen-bond acceptors (Lipinski definition) is 2. The van der Waals surface area contributed by atoms with Gasteiger partial charge in [-0.15, -0.1) is 0 Å². The molecule has 142 valence electrons. The van der Waals surface area contributed by atoms with E-state index in [0.717, 1.165) is 23.5 Å². The van der Waals surface area contributed by atoms with Crippen LogP contribution in [0.25, 0.3) is 0 Å². The highest BCUT2D eigenvalue weighted by atomic mass is 19.4. The highest BCUT2D eigenvalue weighted by molar-refractivity contribution is 5.73. The zero-order chi connectivity index (χ0) is 19.3. The van der Waals surface area contributed by atoms with Gasteiger partial charge in [-0.3, -0.25) is 4.68 Å². The molecule has 0 fully saturated rings. The molecule has 1 aromatic carbocycles. The van der Waals surface area contributed by atoms with E-state index >= 15 is 0 Å². The van der Waals surface area contributed by atoms with Crippen LogP contribution < -0.4 is 10.6 Å². The molecule has 0 aliphatic rings. The minimum absolute atomic E-state index is 0.198. The molecule has 2 aromatic rings. The van der Waals surface area contributed by atoms with E-state index in [2.05, 4.69) is 15.7 Å². The third-order valence-electron chi connectivity index (χ3n) is 3.75. The minimum atomic E-state index is -4.69. The minimum Gasteiger partial charge on any atom is -0.338 e. The molecule has 2 rings (SSSR count). The van der Waals surface area contributed by atoms with Gasteiger partial charge in [-0.25, -0.2) is 9.18 Å². The average Bonchev–Trinajstić information content (AvgIpc) is 2.87. The SMILES string of the molecule is Cc1cc(C)n(CCCNC(=O)NCc2ccc(F)cc2C(F)(F)F)n1. The lowest BCUT2D eigenvalue weighted by molar-refractivity contribution is -0.138. The number of hydrogen-bond donors (Lipinski definition) is 2. The predicted octanol–water partition coefficient (Wildman–Crippen LogP) is 3.55. The Morgan fingerprint density at radius 1 is 1.19 bits per heavy atom. The summed E-state index contributed by atoms with van der Waals surface area (Å²) in [5.74, 6) is -0.977. The van der Waals surface area contributed by atoms with Crippen LogP contribution in [-0.4, -0.2) is 22.4 Å². The van der Waals surface area contributed by atoms with Crippen LogP contribution in [0.15, 0.2) is 24.3 Å². The monoisotopic (exact) mass is 372 g/mol. The molecule has 2 amide bonds. The fourth-order valence-electron chi connectivity index (χ4n) is 2.54. The fraction of sp³-hybridized carbons (Fsp3) is 0.412. The van der Waals surface area contributed by atoms with Gasteiger partial charge in [0.25, 0.3) is 0 Å². The molecule has 0 atom stereocenters. The third kappa shape index (κ3) is 5.47. The van der Waals surface area contributed by atoms with Gasteiger partial charge in [-0.05, 0) is 44.0 Å². The first kappa shape index (κ1) is 19.7. The number of nitrogens with zero attached hydrogens (tertiary/aromatic N) is 2. The van der Waals surface area contributed by atoms with Crippen molar-refractivity contribution in [1.29, 1.82) is 0 Å². The zero-order valence-corrected chi connectivity index (χ0v) is 14.5. The molecule has 0 unspecified atom stereocenters. The molecule has 9 heteroatoms. The Balaban J connectivity index is 1.79. The summed E-state index contributed by atoms with van der Waals surface area (Å²) >= 11 is 0. The molecular formula is C17H20F4N4O. The number of nitrogens with one attached hydrogen (secondary N) is 2. The van der Waals surface area contributed by atoms with E-state index in [1.807, 2.05) is 24.6 Å². The van der Waals surface area contributed by atoms with Gasteiger partial charge in [0.15, 0.2) is 0 Å². The van der Waals surface area contributed by atoms with Crippen molar-refractivity contribution in [1.82, 2.24) is 20.4 Å². The number of benzene rings is 1. The highest BCUT2D eigenvalue weighted by Crippen LogP contribution is 2.32. The molecular weight excluding hydrogens is 352 g/mol. The standard InChI is InChI=1S/C17H20F4N4O/c1-11-8-12(2)25(24-11)7-3-6-22-16(26)23-10-13-4-5-14(18)9-15(13)17(19,20)21/h4-5,8-9H,3,6-7,10H2,1-2H3,(H2,22,23,26). The summed E-state index contributed by atoms with van der Waals surface area (Å²) in [6.45, 7) is 4.44. The second-order valence-electron chi connectivity index (χ2n) is 5.91. The molecule has 1 aromatic heterocycles. The van der Waals surface area contributed by atoms with E-state index in [9.17, 15) is 22.4 Å². The van der Waals surface area contributed by atoms with E-state index in [-0.39, 0.29) is 12.1 Å². The molecule has 26 heavy (non-hydrogen) atoms. The molecule has 0 bridgehead atoms. The first-order valence-corrected chi connectivity index (χ1v) is 8.05. The van der Waals surface area contributed by atoms with E-state index < -0.39 is 23.6 Å². The van der Waals surface area contributed by atoms with Crippen molar-refractivity contribution in [3.8, 4) is 0 Å². The van der Waals surface area contributed by atoms with E-state index in [0.29, 0.717) is 25.6 Å². The quantitative estimate of drug-likeness (QED) is 0.602. The number of aromatic nitrogens is 2. The first-order valence-electron chi connectivity index (χ1n) is 8.05. The Labute approximate surface area is 148 Å². The summed E-state index contributed by atoms with van der Waals surface area (Å²) in [4.78, 5) is 11.7. The summed E-state index contributed by atoms with van der Waals surface area (Å²) < 4.78 is 53.5. The number of rotatable bonds is 6. The van der Waals surface area contributed by atoms with Crippen molar-refractivity contribution >= 4 is 6.03 Å². The first-order chi connectivity index (χ1) is 12.2. The van der Waals surface area contributed by atoms with Crippen LogP contribution >= 0.6 is 0 Å². The maximum Gasteiger partial charge on any atom is 0.416 e. The highest BCUT2D eigenvalue weighted by Gasteiger charge is 2.33. The maximum absolute atomic E-state index is 13.0. The molecule has 0 spiro atoms. The number of alkyl halides is 3. The Hall–Kier alpha value is -2.58. The van der Waals surface area contributed by atoms with E-state index in [4.69, 9.17) is 0 Å². The number of urea groups is 1. The number of carbonyl (C=O) groups is 1. The number of carbonyl (C=O) groups excluding carboxylic acids is 1. The zero-order valence-electron chi connectivity index (χ0n) is 14.5. The topological polar surface area (TPSA) is 59.0 Å². The van der Waals surface area contributed by atoms with Crippen molar-refractivity contribution in [2.24, 2.45) is 0 Å². The predicted molar refractivity (Wildman–Crippen MR) is 88.0 cm³/mol. The van der Waals surface area contributed by atoms with E-state index in [1.165, 1.54) is 0 Å². The van der Waals surface area contributed by atoms with Gasteiger partial charge in [0.1, 0.15) is 5.82 Å². The van der Waals surface area contributed by atoms with Gasteiger partial charge in [-0.1, -0.05) is 6.07 Å². The van der Waals surface area contributed by atoms with Gasteiger partial charge in [0.05, 0.1) is 11.3 Å². The lowest BCUT2D eigenvalue weighted by Crippen LogP contribution is -2.36. The normalized spacial score (nSPS) is 11.5. The second-order valence-corrected chi connectivity index (χ2v) is 5.91. The number of amides is 2. The number of halogens is 4. The van der Waals surface area contributed by atoms with Crippen LogP contribution in [0.3, 0.4) is 0 Å². The van der Waals surface area contributed by atoms with Crippen LogP contribution in [0.2, 0.25) is 0 Å². The van der Waals surface area contributed by atoms with Gasteiger partial charge < -0.3 is 10.6 Å². The Bertz CT molecular complexity index is 771. The average molecular weight is 372 g/mol. The fourth-order valence-corrected chi connectivity index (χ4v) is 2.54. The molecule has 0 saturated carbocycles. The Kier molecular flexibility index (Phi) is 6.23. The maximum atomic E-state index is 13.0.